The molecule has 0 aromatic rings. The van der Waals surface area contributed by atoms with E-state index in [1.54, 1.807) is 0 Å². The van der Waals surface area contributed by atoms with Gasteiger partial charge in [-0.3, -0.25) is 4.90 Å². The van der Waals surface area contributed by atoms with E-state index >= 15 is 0 Å². The van der Waals surface area contributed by atoms with Gasteiger partial charge in [0.25, 0.3) is 0 Å². The molecular formula is C13H26N2. The summed E-state index contributed by atoms with van der Waals surface area (Å²) in [5.74, 6) is 0.953. The average molecular weight is 210 g/mol. The minimum absolute atomic E-state index is 0.417. The molecule has 2 unspecified atom stereocenters. The Morgan fingerprint density at radius 1 is 1.40 bits per heavy atom. The Hall–Kier alpha value is -0.0800. The fourth-order valence-electron chi connectivity index (χ4n) is 2.80. The summed E-state index contributed by atoms with van der Waals surface area (Å²) in [7, 11) is 0. The summed E-state index contributed by atoms with van der Waals surface area (Å²) in [5, 5.41) is 3.77. The Labute approximate surface area is 94.4 Å². The standard InChI is InChI=1S/C13H26N2/c1-4-5-8-15-10-13(3,12-6-7-12)14-9-11(15)2/h11-12,14H,4-10H2,1-3H3. The number of nitrogens with zero attached hydrogens (tertiary/aromatic N) is 1. The Morgan fingerprint density at radius 2 is 2.13 bits per heavy atom. The highest BCUT2D eigenvalue weighted by Crippen LogP contribution is 2.41. The molecule has 0 bridgehead atoms. The second-order valence-corrected chi connectivity index (χ2v) is 5.75. The third-order valence-corrected chi connectivity index (χ3v) is 4.23. The van der Waals surface area contributed by atoms with Gasteiger partial charge in [-0.2, -0.15) is 0 Å². The first-order chi connectivity index (χ1) is 7.15. The SMILES string of the molecule is CCCCN1CC(C)(C2CC2)NCC1C. The zero-order valence-corrected chi connectivity index (χ0v) is 10.6. The number of rotatable bonds is 4. The highest BCUT2D eigenvalue weighted by atomic mass is 15.2. The predicted octanol–water partition coefficient (Wildman–Crippen LogP) is 2.25. The molecule has 2 aliphatic rings. The van der Waals surface area contributed by atoms with E-state index in [4.69, 9.17) is 0 Å². The Morgan fingerprint density at radius 3 is 2.73 bits per heavy atom. The topological polar surface area (TPSA) is 15.3 Å². The lowest BCUT2D eigenvalue weighted by Gasteiger charge is -2.45. The van der Waals surface area contributed by atoms with Crippen LogP contribution in [-0.2, 0) is 0 Å². The summed E-state index contributed by atoms with van der Waals surface area (Å²) in [5.41, 5.74) is 0.417. The van der Waals surface area contributed by atoms with Crippen LogP contribution in [0.15, 0.2) is 0 Å². The van der Waals surface area contributed by atoms with Crippen molar-refractivity contribution in [2.24, 2.45) is 5.92 Å². The van der Waals surface area contributed by atoms with Gasteiger partial charge in [-0.05, 0) is 45.6 Å². The van der Waals surface area contributed by atoms with Crippen molar-refractivity contribution >= 4 is 0 Å². The molecule has 2 rings (SSSR count). The van der Waals surface area contributed by atoms with Crippen LogP contribution in [0, 0.1) is 5.92 Å². The van der Waals surface area contributed by atoms with Crippen molar-refractivity contribution in [3.63, 3.8) is 0 Å². The highest BCUT2D eigenvalue weighted by Gasteiger charge is 2.44. The van der Waals surface area contributed by atoms with Crippen molar-refractivity contribution in [1.29, 1.82) is 0 Å². The highest BCUT2D eigenvalue weighted by molar-refractivity contribution is 5.03. The molecule has 88 valence electrons. The fraction of sp³-hybridized carbons (Fsp3) is 1.00. The summed E-state index contributed by atoms with van der Waals surface area (Å²) in [6.45, 7) is 10.8. The van der Waals surface area contributed by atoms with Crippen LogP contribution in [-0.4, -0.2) is 36.1 Å². The molecule has 0 spiro atoms. The van der Waals surface area contributed by atoms with Crippen molar-refractivity contribution in [3.8, 4) is 0 Å². The number of hydrogen-bond acceptors (Lipinski definition) is 2. The first-order valence-corrected chi connectivity index (χ1v) is 6.65. The summed E-state index contributed by atoms with van der Waals surface area (Å²) >= 11 is 0. The number of piperazine rings is 1. The molecule has 0 radical (unpaired) electrons. The predicted molar refractivity (Wildman–Crippen MR) is 65.1 cm³/mol. The van der Waals surface area contributed by atoms with Crippen molar-refractivity contribution in [2.45, 2.75) is 58.0 Å². The normalized spacial score (nSPS) is 38.2. The van der Waals surface area contributed by atoms with Gasteiger partial charge in [-0.1, -0.05) is 13.3 Å². The summed E-state index contributed by atoms with van der Waals surface area (Å²) in [6, 6.07) is 0.725. The van der Waals surface area contributed by atoms with Crippen molar-refractivity contribution in [1.82, 2.24) is 10.2 Å². The van der Waals surface area contributed by atoms with Gasteiger partial charge in [-0.15, -0.1) is 0 Å². The Bertz CT molecular complexity index is 213. The van der Waals surface area contributed by atoms with Crippen LogP contribution in [0.1, 0.15) is 46.5 Å². The van der Waals surface area contributed by atoms with Gasteiger partial charge in [0.1, 0.15) is 0 Å². The van der Waals surface area contributed by atoms with E-state index in [2.05, 4.69) is 31.0 Å². The van der Waals surface area contributed by atoms with Gasteiger partial charge < -0.3 is 5.32 Å². The Kier molecular flexibility index (Phi) is 3.36. The number of hydrogen-bond donors (Lipinski definition) is 1. The maximum atomic E-state index is 3.77. The molecule has 1 aliphatic carbocycles. The number of unbranched alkanes of at least 4 members (excludes halogenated alkanes) is 1. The molecular weight excluding hydrogens is 184 g/mol. The molecule has 1 saturated heterocycles. The van der Waals surface area contributed by atoms with E-state index in [1.807, 2.05) is 0 Å². The molecule has 1 saturated carbocycles. The Balaban J connectivity index is 1.91. The summed E-state index contributed by atoms with van der Waals surface area (Å²) in [4.78, 5) is 2.69. The lowest BCUT2D eigenvalue weighted by Crippen LogP contribution is -2.63. The van der Waals surface area contributed by atoms with Gasteiger partial charge in [0, 0.05) is 24.7 Å². The molecule has 0 aromatic heterocycles. The molecule has 15 heavy (non-hydrogen) atoms. The molecule has 0 aromatic carbocycles. The van der Waals surface area contributed by atoms with E-state index < -0.39 is 0 Å². The molecule has 2 heteroatoms. The van der Waals surface area contributed by atoms with Crippen molar-refractivity contribution in [3.05, 3.63) is 0 Å². The third-order valence-electron chi connectivity index (χ3n) is 4.23. The van der Waals surface area contributed by atoms with Gasteiger partial charge in [0.15, 0.2) is 0 Å². The maximum absolute atomic E-state index is 3.77. The molecule has 1 aliphatic heterocycles. The average Bonchev–Trinajstić information content (AvgIpc) is 3.03. The first kappa shape index (κ1) is 11.4. The minimum Gasteiger partial charge on any atom is -0.308 e. The molecule has 2 nitrogen and oxygen atoms in total. The quantitative estimate of drug-likeness (QED) is 0.765. The third kappa shape index (κ3) is 2.54. The fourth-order valence-corrected chi connectivity index (χ4v) is 2.80. The van der Waals surface area contributed by atoms with E-state index in [-0.39, 0.29) is 0 Å². The van der Waals surface area contributed by atoms with Crippen LogP contribution < -0.4 is 5.32 Å². The molecule has 0 amide bonds. The van der Waals surface area contributed by atoms with Crippen LogP contribution in [0.2, 0.25) is 0 Å². The largest absolute Gasteiger partial charge is 0.308 e. The molecule has 1 heterocycles. The minimum atomic E-state index is 0.417. The zero-order chi connectivity index (χ0) is 10.9. The second kappa shape index (κ2) is 4.42. The van der Waals surface area contributed by atoms with E-state index in [1.165, 1.54) is 45.3 Å². The van der Waals surface area contributed by atoms with Gasteiger partial charge in [-0.25, -0.2) is 0 Å². The summed E-state index contributed by atoms with van der Waals surface area (Å²) in [6.07, 6.45) is 5.56. The second-order valence-electron chi connectivity index (χ2n) is 5.75. The smallest absolute Gasteiger partial charge is 0.0309 e. The van der Waals surface area contributed by atoms with Crippen LogP contribution in [0.25, 0.3) is 0 Å². The molecule has 2 atom stereocenters. The van der Waals surface area contributed by atoms with Crippen LogP contribution in [0.4, 0.5) is 0 Å². The van der Waals surface area contributed by atoms with Crippen LogP contribution >= 0.6 is 0 Å². The van der Waals surface area contributed by atoms with Gasteiger partial charge in [0.2, 0.25) is 0 Å². The molecule has 1 N–H and O–H groups in total. The molecule has 2 fully saturated rings. The van der Waals surface area contributed by atoms with Crippen molar-refractivity contribution < 1.29 is 0 Å². The lowest BCUT2D eigenvalue weighted by molar-refractivity contribution is 0.0822. The van der Waals surface area contributed by atoms with Gasteiger partial charge >= 0.3 is 0 Å². The zero-order valence-electron chi connectivity index (χ0n) is 10.6. The lowest BCUT2D eigenvalue weighted by atomic mass is 9.91. The monoisotopic (exact) mass is 210 g/mol. The first-order valence-electron chi connectivity index (χ1n) is 6.65. The van der Waals surface area contributed by atoms with E-state index in [0.29, 0.717) is 5.54 Å². The summed E-state index contributed by atoms with van der Waals surface area (Å²) < 4.78 is 0. The van der Waals surface area contributed by atoms with Crippen LogP contribution in [0.5, 0.6) is 0 Å². The van der Waals surface area contributed by atoms with Gasteiger partial charge in [0.05, 0.1) is 0 Å². The van der Waals surface area contributed by atoms with Crippen LogP contribution in [0.3, 0.4) is 0 Å². The van der Waals surface area contributed by atoms with Crippen molar-refractivity contribution in [2.75, 3.05) is 19.6 Å². The van der Waals surface area contributed by atoms with E-state index in [9.17, 15) is 0 Å². The number of nitrogens with one attached hydrogen (secondary N) is 1. The van der Waals surface area contributed by atoms with E-state index in [0.717, 1.165) is 12.0 Å². The maximum Gasteiger partial charge on any atom is 0.0309 e.